The zero-order valence-electron chi connectivity index (χ0n) is 12.9. The minimum Gasteiger partial charge on any atom is -0.356 e. The summed E-state index contributed by atoms with van der Waals surface area (Å²) in [6.07, 6.45) is 2.65. The molecule has 0 fully saturated rings. The van der Waals surface area contributed by atoms with Crippen LogP contribution in [0.25, 0.3) is 0 Å². The van der Waals surface area contributed by atoms with Crippen LogP contribution in [0.4, 0.5) is 4.39 Å². The van der Waals surface area contributed by atoms with Crippen LogP contribution in [0.15, 0.2) is 33.9 Å². The van der Waals surface area contributed by atoms with Crippen molar-refractivity contribution in [2.45, 2.75) is 19.9 Å². The molecule has 2 rings (SSSR count). The number of aryl methyl sites for hydroxylation is 1. The second kappa shape index (κ2) is 10.2. The molecule has 0 aliphatic rings. The number of aromatic nitrogens is 1. The van der Waals surface area contributed by atoms with E-state index in [-0.39, 0.29) is 29.8 Å². The molecule has 0 spiro atoms. The first kappa shape index (κ1) is 20.3. The molecule has 23 heavy (non-hydrogen) atoms. The van der Waals surface area contributed by atoms with Crippen molar-refractivity contribution < 1.29 is 4.39 Å². The molecule has 1 heterocycles. The van der Waals surface area contributed by atoms with E-state index < -0.39 is 0 Å². The van der Waals surface area contributed by atoms with E-state index in [0.29, 0.717) is 17.6 Å². The second-order valence-corrected chi connectivity index (χ2v) is 6.89. The molecule has 2 aromatic rings. The van der Waals surface area contributed by atoms with Gasteiger partial charge >= 0.3 is 0 Å². The summed E-state index contributed by atoms with van der Waals surface area (Å²) in [4.78, 5) is 9.67. The minimum absolute atomic E-state index is 0. The number of thiazole rings is 1. The van der Waals surface area contributed by atoms with Crippen molar-refractivity contribution in [3.8, 4) is 0 Å². The maximum Gasteiger partial charge on any atom is 0.191 e. The predicted octanol–water partition coefficient (Wildman–Crippen LogP) is 3.88. The van der Waals surface area contributed by atoms with Crippen molar-refractivity contribution >= 4 is 57.2 Å². The van der Waals surface area contributed by atoms with Crippen LogP contribution in [-0.2, 0) is 13.0 Å². The van der Waals surface area contributed by atoms with Gasteiger partial charge in [0.05, 0.1) is 11.0 Å². The fraction of sp³-hybridized carbons (Fsp3) is 0.333. The van der Waals surface area contributed by atoms with Gasteiger partial charge in [0.1, 0.15) is 10.8 Å². The van der Waals surface area contributed by atoms with Gasteiger partial charge in [-0.2, -0.15) is 0 Å². The number of hydrogen-bond donors (Lipinski definition) is 2. The predicted molar refractivity (Wildman–Crippen MR) is 108 cm³/mol. The monoisotopic (exact) mass is 512 g/mol. The first-order valence-electron chi connectivity index (χ1n) is 6.88. The van der Waals surface area contributed by atoms with Gasteiger partial charge in [0.25, 0.3) is 0 Å². The Morgan fingerprint density at radius 1 is 1.39 bits per heavy atom. The van der Waals surface area contributed by atoms with Gasteiger partial charge in [-0.05, 0) is 47.0 Å². The molecule has 2 N–H and O–H groups in total. The van der Waals surface area contributed by atoms with E-state index >= 15 is 0 Å². The summed E-state index contributed by atoms with van der Waals surface area (Å²) in [5.41, 5.74) is 1.06. The minimum atomic E-state index is -0.243. The molecule has 0 bridgehead atoms. The molecule has 0 unspecified atom stereocenters. The molecule has 126 valence electrons. The molecule has 4 nitrogen and oxygen atoms in total. The Bertz CT molecular complexity index is 663. The lowest BCUT2D eigenvalue weighted by Crippen LogP contribution is -2.37. The Morgan fingerprint density at radius 3 is 2.78 bits per heavy atom. The van der Waals surface area contributed by atoms with E-state index in [9.17, 15) is 4.39 Å². The van der Waals surface area contributed by atoms with Gasteiger partial charge < -0.3 is 10.6 Å². The number of benzene rings is 1. The van der Waals surface area contributed by atoms with Gasteiger partial charge in [0.15, 0.2) is 5.96 Å². The van der Waals surface area contributed by atoms with Crippen LogP contribution in [0, 0.1) is 12.7 Å². The Hall–Kier alpha value is -0.740. The van der Waals surface area contributed by atoms with Crippen molar-refractivity contribution in [3.63, 3.8) is 0 Å². The Kier molecular flexibility index (Phi) is 9.00. The van der Waals surface area contributed by atoms with E-state index in [0.717, 1.165) is 23.0 Å². The van der Waals surface area contributed by atoms with Crippen LogP contribution in [0.2, 0.25) is 0 Å². The van der Waals surface area contributed by atoms with Crippen LogP contribution in [0.1, 0.15) is 15.4 Å². The molecule has 0 amide bonds. The lowest BCUT2D eigenvalue weighted by Gasteiger charge is -2.11. The number of aliphatic imine (C=N–C) groups is 1. The summed E-state index contributed by atoms with van der Waals surface area (Å²) < 4.78 is 13.7. The molecule has 0 saturated carbocycles. The second-order valence-electron chi connectivity index (χ2n) is 4.72. The molecule has 1 aromatic carbocycles. The molecule has 1 aromatic heterocycles. The zero-order chi connectivity index (χ0) is 15.9. The van der Waals surface area contributed by atoms with Crippen molar-refractivity contribution in [1.29, 1.82) is 0 Å². The number of halogens is 3. The molecule has 0 saturated heterocycles. The summed E-state index contributed by atoms with van der Waals surface area (Å²) in [6, 6.07) is 5.05. The summed E-state index contributed by atoms with van der Waals surface area (Å²) in [5, 5.41) is 7.49. The highest BCUT2D eigenvalue weighted by atomic mass is 127. The molecule has 0 radical (unpaired) electrons. The maximum absolute atomic E-state index is 13.2. The third kappa shape index (κ3) is 6.72. The normalized spacial score (nSPS) is 11.0. The number of hydrogen-bond acceptors (Lipinski definition) is 3. The molecule has 0 atom stereocenters. The fourth-order valence-corrected chi connectivity index (χ4v) is 3.04. The fourth-order valence-electron chi connectivity index (χ4n) is 1.88. The third-order valence-electron chi connectivity index (χ3n) is 2.99. The lowest BCUT2D eigenvalue weighted by molar-refractivity contribution is 0.620. The quantitative estimate of drug-likeness (QED) is 0.363. The molecular weight excluding hydrogens is 494 g/mol. The number of nitrogens with zero attached hydrogens (tertiary/aromatic N) is 2. The Labute approximate surface area is 165 Å². The topological polar surface area (TPSA) is 49.3 Å². The molecule has 8 heteroatoms. The van der Waals surface area contributed by atoms with Crippen LogP contribution >= 0.6 is 51.2 Å². The average Bonchev–Trinajstić information content (AvgIpc) is 2.92. The van der Waals surface area contributed by atoms with Crippen molar-refractivity contribution in [2.75, 3.05) is 13.6 Å². The Balaban J connectivity index is 0.00000264. The average molecular weight is 513 g/mol. The largest absolute Gasteiger partial charge is 0.356 e. The van der Waals surface area contributed by atoms with Crippen LogP contribution in [0.5, 0.6) is 0 Å². The van der Waals surface area contributed by atoms with Gasteiger partial charge in [-0.25, -0.2) is 9.37 Å². The van der Waals surface area contributed by atoms with Crippen molar-refractivity contribution in [2.24, 2.45) is 4.99 Å². The summed E-state index contributed by atoms with van der Waals surface area (Å²) in [5.74, 6) is 0.488. The first-order valence-corrected chi connectivity index (χ1v) is 8.49. The number of nitrogens with one attached hydrogen (secondary N) is 2. The van der Waals surface area contributed by atoms with Gasteiger partial charge in [0, 0.05) is 24.7 Å². The zero-order valence-corrected chi connectivity index (χ0v) is 17.6. The van der Waals surface area contributed by atoms with Crippen molar-refractivity contribution in [1.82, 2.24) is 15.6 Å². The molecule has 0 aliphatic heterocycles. The Morgan fingerprint density at radius 2 is 2.17 bits per heavy atom. The van der Waals surface area contributed by atoms with Gasteiger partial charge in [-0.3, -0.25) is 4.99 Å². The van der Waals surface area contributed by atoms with E-state index in [2.05, 4.69) is 36.5 Å². The molecule has 0 aliphatic carbocycles. The van der Waals surface area contributed by atoms with E-state index in [1.807, 2.05) is 13.1 Å². The smallest absolute Gasteiger partial charge is 0.191 e. The third-order valence-corrected chi connectivity index (χ3v) is 4.51. The molecular formula is C15H19BrFIN4S. The lowest BCUT2D eigenvalue weighted by atomic mass is 10.1. The number of rotatable bonds is 5. The van der Waals surface area contributed by atoms with Crippen LogP contribution < -0.4 is 10.6 Å². The number of guanidine groups is 1. The van der Waals surface area contributed by atoms with Gasteiger partial charge in [-0.1, -0.05) is 6.07 Å². The standard InChI is InChI=1S/C15H18BrFN4S.HI/c1-10-8-20-14(22-10)9-21-15(18-2)19-6-5-11-3-4-13(17)12(16)7-11;/h3-4,7-8H,5-6,9H2,1-2H3,(H2,18,19,21);1H. The SMILES string of the molecule is CN=C(NCCc1ccc(F)c(Br)c1)NCc1ncc(C)s1.I. The first-order chi connectivity index (χ1) is 10.6. The summed E-state index contributed by atoms with van der Waals surface area (Å²) >= 11 is 4.86. The van der Waals surface area contributed by atoms with Crippen molar-refractivity contribution in [3.05, 3.63) is 50.1 Å². The van der Waals surface area contributed by atoms with E-state index in [1.165, 1.54) is 10.9 Å². The van der Waals surface area contributed by atoms with Gasteiger partial charge in [0.2, 0.25) is 0 Å². The highest BCUT2D eigenvalue weighted by Gasteiger charge is 2.03. The van der Waals surface area contributed by atoms with E-state index in [1.54, 1.807) is 30.5 Å². The summed E-state index contributed by atoms with van der Waals surface area (Å²) in [7, 11) is 1.73. The highest BCUT2D eigenvalue weighted by Crippen LogP contribution is 2.16. The van der Waals surface area contributed by atoms with Crippen LogP contribution in [0.3, 0.4) is 0 Å². The maximum atomic E-state index is 13.2. The van der Waals surface area contributed by atoms with E-state index in [4.69, 9.17) is 0 Å². The van der Waals surface area contributed by atoms with Gasteiger partial charge in [-0.15, -0.1) is 35.3 Å². The highest BCUT2D eigenvalue weighted by molar-refractivity contribution is 14.0. The van der Waals surface area contributed by atoms with Crippen LogP contribution in [-0.4, -0.2) is 24.5 Å². The summed E-state index contributed by atoms with van der Waals surface area (Å²) in [6.45, 7) is 3.41.